The van der Waals surface area contributed by atoms with Crippen LogP contribution in [-0.2, 0) is 6.54 Å². The first-order valence-corrected chi connectivity index (χ1v) is 7.41. The fourth-order valence-electron chi connectivity index (χ4n) is 2.93. The number of guanidine groups is 1. The SMILES string of the molecule is CC(c1ccccc1)C1CN=C(N)N1Cc1ccccc1. The molecule has 0 fully saturated rings. The quantitative estimate of drug-likeness (QED) is 0.935. The van der Waals surface area contributed by atoms with Crippen LogP contribution in [0.3, 0.4) is 0 Å². The van der Waals surface area contributed by atoms with Crippen LogP contribution in [0.15, 0.2) is 65.7 Å². The number of benzene rings is 2. The molecular formula is C18H21N3. The van der Waals surface area contributed by atoms with Crippen molar-refractivity contribution >= 4 is 5.96 Å². The summed E-state index contributed by atoms with van der Waals surface area (Å²) < 4.78 is 0. The summed E-state index contributed by atoms with van der Waals surface area (Å²) >= 11 is 0. The minimum absolute atomic E-state index is 0.326. The smallest absolute Gasteiger partial charge is 0.191 e. The van der Waals surface area contributed by atoms with E-state index < -0.39 is 0 Å². The van der Waals surface area contributed by atoms with Crippen molar-refractivity contribution in [3.8, 4) is 0 Å². The van der Waals surface area contributed by atoms with E-state index in [9.17, 15) is 0 Å². The summed E-state index contributed by atoms with van der Waals surface area (Å²) in [4.78, 5) is 6.69. The maximum absolute atomic E-state index is 6.11. The predicted octanol–water partition coefficient (Wildman–Crippen LogP) is 2.99. The highest BCUT2D eigenvalue weighted by molar-refractivity contribution is 5.80. The van der Waals surface area contributed by atoms with E-state index in [1.165, 1.54) is 11.1 Å². The second-order valence-corrected chi connectivity index (χ2v) is 5.58. The van der Waals surface area contributed by atoms with E-state index in [4.69, 9.17) is 5.73 Å². The maximum atomic E-state index is 6.11. The van der Waals surface area contributed by atoms with Crippen molar-refractivity contribution in [3.63, 3.8) is 0 Å². The van der Waals surface area contributed by atoms with E-state index in [0.717, 1.165) is 13.1 Å². The Kier molecular flexibility index (Phi) is 3.91. The fraction of sp³-hybridized carbons (Fsp3) is 0.278. The van der Waals surface area contributed by atoms with Crippen molar-refractivity contribution in [2.75, 3.05) is 6.54 Å². The molecule has 0 saturated carbocycles. The van der Waals surface area contributed by atoms with Gasteiger partial charge in [-0.3, -0.25) is 4.99 Å². The van der Waals surface area contributed by atoms with Gasteiger partial charge in [0, 0.05) is 12.5 Å². The first kappa shape index (κ1) is 13.7. The molecule has 2 atom stereocenters. The van der Waals surface area contributed by atoms with Crippen LogP contribution in [-0.4, -0.2) is 23.4 Å². The van der Waals surface area contributed by atoms with Crippen LogP contribution in [0.5, 0.6) is 0 Å². The molecule has 0 radical (unpaired) electrons. The Morgan fingerprint density at radius 3 is 2.38 bits per heavy atom. The Morgan fingerprint density at radius 1 is 1.10 bits per heavy atom. The van der Waals surface area contributed by atoms with Crippen LogP contribution in [0.4, 0.5) is 0 Å². The van der Waals surface area contributed by atoms with Gasteiger partial charge in [0.05, 0.1) is 12.6 Å². The third kappa shape index (κ3) is 2.92. The first-order valence-electron chi connectivity index (χ1n) is 7.41. The van der Waals surface area contributed by atoms with Crippen molar-refractivity contribution in [2.45, 2.75) is 25.4 Å². The van der Waals surface area contributed by atoms with Crippen LogP contribution < -0.4 is 5.73 Å². The number of hydrogen-bond donors (Lipinski definition) is 1. The highest BCUT2D eigenvalue weighted by atomic mass is 15.3. The van der Waals surface area contributed by atoms with E-state index in [-0.39, 0.29) is 0 Å². The number of rotatable bonds is 4. The molecule has 2 unspecified atom stereocenters. The molecule has 2 aromatic rings. The van der Waals surface area contributed by atoms with Crippen molar-refractivity contribution in [1.29, 1.82) is 0 Å². The zero-order valence-electron chi connectivity index (χ0n) is 12.3. The summed E-state index contributed by atoms with van der Waals surface area (Å²) in [5.41, 5.74) is 8.71. The molecule has 2 aromatic carbocycles. The Balaban J connectivity index is 1.79. The average Bonchev–Trinajstić information content (AvgIpc) is 2.90. The van der Waals surface area contributed by atoms with Crippen molar-refractivity contribution in [3.05, 3.63) is 71.8 Å². The highest BCUT2D eigenvalue weighted by Gasteiger charge is 2.31. The Hall–Kier alpha value is -2.29. The van der Waals surface area contributed by atoms with Gasteiger partial charge in [-0.15, -0.1) is 0 Å². The summed E-state index contributed by atoms with van der Waals surface area (Å²) in [6, 6.07) is 21.4. The zero-order chi connectivity index (χ0) is 14.7. The summed E-state index contributed by atoms with van der Waals surface area (Å²) in [6.45, 7) is 3.85. The fourth-order valence-corrected chi connectivity index (χ4v) is 2.93. The third-order valence-corrected chi connectivity index (χ3v) is 4.23. The summed E-state index contributed by atoms with van der Waals surface area (Å²) in [6.07, 6.45) is 0. The molecular weight excluding hydrogens is 258 g/mol. The van der Waals surface area contributed by atoms with E-state index in [2.05, 4.69) is 71.4 Å². The lowest BCUT2D eigenvalue weighted by Crippen LogP contribution is -2.42. The van der Waals surface area contributed by atoms with Gasteiger partial charge in [-0.05, 0) is 11.1 Å². The number of aliphatic imine (C=N–C) groups is 1. The van der Waals surface area contributed by atoms with Crippen molar-refractivity contribution < 1.29 is 0 Å². The molecule has 3 rings (SSSR count). The van der Waals surface area contributed by atoms with Crippen molar-refractivity contribution in [2.24, 2.45) is 10.7 Å². The molecule has 3 nitrogen and oxygen atoms in total. The molecule has 108 valence electrons. The molecule has 21 heavy (non-hydrogen) atoms. The lowest BCUT2D eigenvalue weighted by atomic mass is 9.92. The summed E-state index contributed by atoms with van der Waals surface area (Å²) in [7, 11) is 0. The highest BCUT2D eigenvalue weighted by Crippen LogP contribution is 2.27. The van der Waals surface area contributed by atoms with Gasteiger partial charge >= 0.3 is 0 Å². The maximum Gasteiger partial charge on any atom is 0.191 e. The Morgan fingerprint density at radius 2 is 1.71 bits per heavy atom. The third-order valence-electron chi connectivity index (χ3n) is 4.23. The van der Waals surface area contributed by atoms with E-state index in [1.807, 2.05) is 6.07 Å². The van der Waals surface area contributed by atoms with Crippen LogP contribution in [0.25, 0.3) is 0 Å². The zero-order valence-corrected chi connectivity index (χ0v) is 12.3. The number of hydrogen-bond acceptors (Lipinski definition) is 3. The summed E-state index contributed by atoms with van der Waals surface area (Å²) in [5, 5.41) is 0. The Bertz CT molecular complexity index is 607. The molecule has 1 aliphatic rings. The minimum atomic E-state index is 0.326. The van der Waals surface area contributed by atoms with Gasteiger partial charge in [0.15, 0.2) is 5.96 Å². The van der Waals surface area contributed by atoms with Crippen molar-refractivity contribution in [1.82, 2.24) is 4.90 Å². The second-order valence-electron chi connectivity index (χ2n) is 5.58. The van der Waals surface area contributed by atoms with E-state index in [0.29, 0.717) is 17.9 Å². The number of nitrogens with two attached hydrogens (primary N) is 1. The van der Waals surface area contributed by atoms with Gasteiger partial charge in [0.2, 0.25) is 0 Å². The van der Waals surface area contributed by atoms with E-state index >= 15 is 0 Å². The van der Waals surface area contributed by atoms with Gasteiger partial charge < -0.3 is 10.6 Å². The molecule has 0 aromatic heterocycles. The van der Waals surface area contributed by atoms with Gasteiger partial charge in [-0.25, -0.2) is 0 Å². The predicted molar refractivity (Wildman–Crippen MR) is 87.1 cm³/mol. The van der Waals surface area contributed by atoms with E-state index in [1.54, 1.807) is 0 Å². The largest absolute Gasteiger partial charge is 0.370 e. The molecule has 0 bridgehead atoms. The topological polar surface area (TPSA) is 41.6 Å². The first-order chi connectivity index (χ1) is 10.3. The lowest BCUT2D eigenvalue weighted by molar-refractivity contribution is 0.298. The molecule has 0 amide bonds. The molecule has 1 aliphatic heterocycles. The molecule has 1 heterocycles. The van der Waals surface area contributed by atoms with Gasteiger partial charge in [-0.1, -0.05) is 67.6 Å². The van der Waals surface area contributed by atoms with Gasteiger partial charge in [-0.2, -0.15) is 0 Å². The molecule has 2 N–H and O–H groups in total. The average molecular weight is 279 g/mol. The van der Waals surface area contributed by atoms with Crippen LogP contribution in [0.1, 0.15) is 24.0 Å². The molecule has 3 heteroatoms. The molecule has 0 saturated heterocycles. The molecule has 0 aliphatic carbocycles. The monoisotopic (exact) mass is 279 g/mol. The number of nitrogens with zero attached hydrogens (tertiary/aromatic N) is 2. The Labute approximate surface area is 126 Å². The minimum Gasteiger partial charge on any atom is -0.370 e. The standard InChI is InChI=1S/C18H21N3/c1-14(16-10-6-3-7-11-16)17-12-20-18(19)21(17)13-15-8-4-2-5-9-15/h2-11,14,17H,12-13H2,1H3,(H2,19,20). The molecule has 0 spiro atoms. The van der Waals surface area contributed by atoms with Crippen LogP contribution in [0, 0.1) is 0 Å². The second kappa shape index (κ2) is 6.00. The van der Waals surface area contributed by atoms with Gasteiger partial charge in [0.25, 0.3) is 0 Å². The van der Waals surface area contributed by atoms with Crippen LogP contribution >= 0.6 is 0 Å². The summed E-state index contributed by atoms with van der Waals surface area (Å²) in [5.74, 6) is 1.06. The van der Waals surface area contributed by atoms with Crippen LogP contribution in [0.2, 0.25) is 0 Å². The lowest BCUT2D eigenvalue weighted by Gasteiger charge is -2.31. The normalized spacial score (nSPS) is 19.4. The van der Waals surface area contributed by atoms with Gasteiger partial charge in [0.1, 0.15) is 0 Å².